The molecule has 4 heteroatoms. The molecule has 1 aromatic rings. The van der Waals surface area contributed by atoms with Crippen LogP contribution in [0.3, 0.4) is 0 Å². The Labute approximate surface area is 120 Å². The highest BCUT2D eigenvalue weighted by Crippen LogP contribution is 2.23. The number of Topliss-reactive ketones (excluding diaryl/α,β-unsaturated/α-hetero) is 1. The van der Waals surface area contributed by atoms with Crippen LogP contribution >= 0.6 is 0 Å². The molecule has 4 nitrogen and oxygen atoms in total. The van der Waals surface area contributed by atoms with Crippen LogP contribution in [-0.4, -0.2) is 36.4 Å². The van der Waals surface area contributed by atoms with E-state index in [0.717, 1.165) is 49.4 Å². The van der Waals surface area contributed by atoms with E-state index in [9.17, 15) is 4.79 Å². The molecule has 1 unspecified atom stereocenters. The summed E-state index contributed by atoms with van der Waals surface area (Å²) in [5, 5.41) is 0. The van der Waals surface area contributed by atoms with Crippen LogP contribution in [0.4, 0.5) is 0 Å². The predicted molar refractivity (Wildman–Crippen MR) is 80.1 cm³/mol. The van der Waals surface area contributed by atoms with Gasteiger partial charge in [-0.1, -0.05) is 0 Å². The van der Waals surface area contributed by atoms with Gasteiger partial charge >= 0.3 is 0 Å². The zero-order valence-electron chi connectivity index (χ0n) is 12.4. The summed E-state index contributed by atoms with van der Waals surface area (Å²) in [5.41, 5.74) is 7.84. The van der Waals surface area contributed by atoms with E-state index in [2.05, 4.69) is 4.90 Å². The van der Waals surface area contributed by atoms with Gasteiger partial charge in [-0.25, -0.2) is 0 Å². The minimum absolute atomic E-state index is 0.0876. The summed E-state index contributed by atoms with van der Waals surface area (Å²) in [6.45, 7) is 6.96. The van der Waals surface area contributed by atoms with Crippen molar-refractivity contribution in [2.75, 3.05) is 19.7 Å². The van der Waals surface area contributed by atoms with Crippen molar-refractivity contribution in [1.29, 1.82) is 0 Å². The van der Waals surface area contributed by atoms with Crippen molar-refractivity contribution in [3.63, 3.8) is 0 Å². The van der Waals surface area contributed by atoms with E-state index in [1.807, 2.05) is 25.1 Å². The summed E-state index contributed by atoms with van der Waals surface area (Å²) in [6.07, 6.45) is 2.24. The number of ketones is 1. The number of rotatable bonds is 5. The summed E-state index contributed by atoms with van der Waals surface area (Å²) in [7, 11) is 0. The Kier molecular flexibility index (Phi) is 5.15. The molecule has 110 valence electrons. The van der Waals surface area contributed by atoms with Crippen LogP contribution < -0.4 is 10.5 Å². The van der Waals surface area contributed by atoms with Crippen molar-refractivity contribution in [3.05, 3.63) is 29.3 Å². The zero-order valence-corrected chi connectivity index (χ0v) is 12.4. The molecule has 0 spiro atoms. The van der Waals surface area contributed by atoms with Crippen LogP contribution in [0.1, 0.15) is 42.6 Å². The van der Waals surface area contributed by atoms with E-state index in [0.29, 0.717) is 6.61 Å². The van der Waals surface area contributed by atoms with Crippen molar-refractivity contribution in [2.45, 2.75) is 39.3 Å². The van der Waals surface area contributed by atoms with Gasteiger partial charge in [-0.3, -0.25) is 9.69 Å². The fourth-order valence-electron chi connectivity index (χ4n) is 2.69. The molecule has 0 aromatic heterocycles. The summed E-state index contributed by atoms with van der Waals surface area (Å²) in [4.78, 5) is 13.9. The number of piperidine rings is 1. The molecule has 20 heavy (non-hydrogen) atoms. The third-order valence-corrected chi connectivity index (χ3v) is 3.70. The van der Waals surface area contributed by atoms with E-state index < -0.39 is 0 Å². The fourth-order valence-corrected chi connectivity index (χ4v) is 2.69. The van der Waals surface area contributed by atoms with E-state index >= 15 is 0 Å². The molecule has 2 N–H and O–H groups in total. The highest BCUT2D eigenvalue weighted by molar-refractivity contribution is 5.94. The van der Waals surface area contributed by atoms with Crippen LogP contribution in [0.25, 0.3) is 0 Å². The number of carbonyl (C=O) groups is 1. The Hall–Kier alpha value is -1.39. The number of likely N-dealkylation sites (tertiary alicyclic amines) is 1. The number of nitrogens with zero attached hydrogens (tertiary/aromatic N) is 1. The lowest BCUT2D eigenvalue weighted by molar-refractivity contribution is 0.101. The maximum atomic E-state index is 11.5. The number of hydrogen-bond acceptors (Lipinski definition) is 4. The zero-order chi connectivity index (χ0) is 14.5. The molecular formula is C16H24N2O2. The summed E-state index contributed by atoms with van der Waals surface area (Å²) in [6, 6.07) is 5.95. The first kappa shape index (κ1) is 15.0. The Bertz CT molecular complexity index is 474. The van der Waals surface area contributed by atoms with E-state index in [4.69, 9.17) is 10.5 Å². The average molecular weight is 276 g/mol. The third kappa shape index (κ3) is 3.81. The van der Waals surface area contributed by atoms with Gasteiger partial charge in [0.05, 0.1) is 6.61 Å². The van der Waals surface area contributed by atoms with Crippen molar-refractivity contribution in [1.82, 2.24) is 4.90 Å². The largest absolute Gasteiger partial charge is 0.494 e. The first-order chi connectivity index (χ1) is 9.60. The molecule has 1 aromatic carbocycles. The van der Waals surface area contributed by atoms with Crippen molar-refractivity contribution >= 4 is 5.78 Å². The van der Waals surface area contributed by atoms with Crippen LogP contribution in [0.5, 0.6) is 5.75 Å². The average Bonchev–Trinajstić information content (AvgIpc) is 2.41. The first-order valence-electron chi connectivity index (χ1n) is 7.34. The summed E-state index contributed by atoms with van der Waals surface area (Å²) < 4.78 is 5.67. The molecule has 2 rings (SSSR count). The molecule has 0 saturated carbocycles. The standard InChI is InChI=1S/C16H24N2O2/c1-3-20-16-7-6-13(12(2)19)9-14(16)10-18-8-4-5-15(17)11-18/h6-7,9,15H,3-5,8,10-11,17H2,1-2H3. The van der Waals surface area contributed by atoms with E-state index in [1.54, 1.807) is 6.92 Å². The van der Waals surface area contributed by atoms with Crippen LogP contribution in [0, 0.1) is 0 Å². The van der Waals surface area contributed by atoms with Crippen LogP contribution in [-0.2, 0) is 6.54 Å². The Morgan fingerprint density at radius 2 is 2.30 bits per heavy atom. The van der Waals surface area contributed by atoms with Gasteiger partial charge in [0.2, 0.25) is 0 Å². The molecule has 1 aliphatic heterocycles. The molecule has 1 atom stereocenters. The SMILES string of the molecule is CCOc1ccc(C(C)=O)cc1CN1CCCC(N)C1. The number of carbonyl (C=O) groups excluding carboxylic acids is 1. The number of ether oxygens (including phenoxy) is 1. The molecule has 1 fully saturated rings. The minimum Gasteiger partial charge on any atom is -0.494 e. The molecule has 1 heterocycles. The van der Waals surface area contributed by atoms with Gasteiger partial charge in [0.25, 0.3) is 0 Å². The summed E-state index contributed by atoms with van der Waals surface area (Å²) >= 11 is 0. The quantitative estimate of drug-likeness (QED) is 0.838. The maximum absolute atomic E-state index is 11.5. The van der Waals surface area contributed by atoms with Crippen LogP contribution in [0.15, 0.2) is 18.2 Å². The molecular weight excluding hydrogens is 252 g/mol. The number of nitrogens with two attached hydrogens (primary N) is 1. The Morgan fingerprint density at radius 3 is 2.95 bits per heavy atom. The van der Waals surface area contributed by atoms with Gasteiger partial charge in [0.15, 0.2) is 5.78 Å². The lowest BCUT2D eigenvalue weighted by Crippen LogP contribution is -2.42. The predicted octanol–water partition coefficient (Wildman–Crippen LogP) is 2.21. The fraction of sp³-hybridized carbons (Fsp3) is 0.562. The molecule has 0 aliphatic carbocycles. The van der Waals surface area contributed by atoms with Gasteiger partial charge in [-0.15, -0.1) is 0 Å². The highest BCUT2D eigenvalue weighted by Gasteiger charge is 2.18. The summed E-state index contributed by atoms with van der Waals surface area (Å²) in [5.74, 6) is 0.960. The second-order valence-electron chi connectivity index (χ2n) is 5.45. The maximum Gasteiger partial charge on any atom is 0.159 e. The molecule has 1 saturated heterocycles. The highest BCUT2D eigenvalue weighted by atomic mass is 16.5. The van der Waals surface area contributed by atoms with Gasteiger partial charge in [0, 0.05) is 30.3 Å². The van der Waals surface area contributed by atoms with Crippen molar-refractivity contribution < 1.29 is 9.53 Å². The second-order valence-corrected chi connectivity index (χ2v) is 5.45. The van der Waals surface area contributed by atoms with Gasteiger partial charge in [-0.2, -0.15) is 0 Å². The third-order valence-electron chi connectivity index (χ3n) is 3.70. The Balaban J connectivity index is 2.18. The van der Waals surface area contributed by atoms with Crippen molar-refractivity contribution in [3.8, 4) is 5.75 Å². The smallest absolute Gasteiger partial charge is 0.159 e. The van der Waals surface area contributed by atoms with Gasteiger partial charge < -0.3 is 10.5 Å². The minimum atomic E-state index is 0.0876. The molecule has 0 radical (unpaired) electrons. The second kappa shape index (κ2) is 6.86. The lowest BCUT2D eigenvalue weighted by atomic mass is 10.0. The van der Waals surface area contributed by atoms with Gasteiger partial charge in [0.1, 0.15) is 5.75 Å². The number of hydrogen-bond donors (Lipinski definition) is 1. The topological polar surface area (TPSA) is 55.6 Å². The van der Waals surface area contributed by atoms with E-state index in [-0.39, 0.29) is 11.8 Å². The number of benzene rings is 1. The normalized spacial score (nSPS) is 19.9. The molecule has 0 amide bonds. The van der Waals surface area contributed by atoms with Crippen LogP contribution in [0.2, 0.25) is 0 Å². The Morgan fingerprint density at radius 1 is 1.50 bits per heavy atom. The van der Waals surface area contributed by atoms with Crippen molar-refractivity contribution in [2.24, 2.45) is 5.73 Å². The van der Waals surface area contributed by atoms with E-state index in [1.165, 1.54) is 0 Å². The van der Waals surface area contributed by atoms with Gasteiger partial charge in [-0.05, 0) is 51.4 Å². The first-order valence-corrected chi connectivity index (χ1v) is 7.34. The molecule has 0 bridgehead atoms. The monoisotopic (exact) mass is 276 g/mol. The lowest BCUT2D eigenvalue weighted by Gasteiger charge is -2.31. The molecule has 1 aliphatic rings.